The number of H-pyrrole nitrogens is 1. The van der Waals surface area contributed by atoms with E-state index in [9.17, 15) is 9.90 Å². The number of imidazole rings is 1. The molecular weight excluding hydrogens is 424 g/mol. The lowest BCUT2D eigenvalue weighted by atomic mass is 10.1. The van der Waals surface area contributed by atoms with Crippen molar-refractivity contribution in [2.45, 2.75) is 6.42 Å². The third kappa shape index (κ3) is 3.75. The number of phenolic OH excluding ortho intramolecular Hbond substituents is 1. The quantitative estimate of drug-likeness (QED) is 0.280. The number of nitrogens with one attached hydrogen (secondary N) is 3. The van der Waals surface area contributed by atoms with E-state index in [-0.39, 0.29) is 11.7 Å². The Morgan fingerprint density at radius 3 is 2.44 bits per heavy atom. The first-order valence-electron chi connectivity index (χ1n) is 11.2. The highest BCUT2D eigenvalue weighted by Gasteiger charge is 2.13. The van der Waals surface area contributed by atoms with Crippen molar-refractivity contribution in [2.24, 2.45) is 0 Å². The third-order valence-electron chi connectivity index (χ3n) is 6.18. The molecule has 0 atom stereocenters. The second-order valence-electron chi connectivity index (χ2n) is 8.44. The predicted octanol–water partition coefficient (Wildman–Crippen LogP) is 5.82. The molecule has 4 N–H and O–H groups in total. The standard InChI is InChI=1S/C28H22N4O2/c33-23-10-6-17(7-11-23)21-8-12-24-26(15-21)32-27(31-24)19-1-3-20(4-2-19)28(34)30-22-9-5-18-13-14-29-25(18)16-22/h1-12,15-16,29,33H,13-14H2,(H,30,34)(H,31,32). The number of carbonyl (C=O) groups excluding carboxylic acids is 1. The molecule has 0 bridgehead atoms. The van der Waals surface area contributed by atoms with Gasteiger partial charge in [0.25, 0.3) is 5.91 Å². The molecule has 6 nitrogen and oxygen atoms in total. The Morgan fingerprint density at radius 2 is 1.62 bits per heavy atom. The largest absolute Gasteiger partial charge is 0.508 e. The molecule has 2 heterocycles. The molecular formula is C28H22N4O2. The number of benzene rings is 4. The molecule has 0 unspecified atom stereocenters. The Balaban J connectivity index is 1.21. The fourth-order valence-corrected chi connectivity index (χ4v) is 4.33. The number of rotatable bonds is 4. The van der Waals surface area contributed by atoms with Crippen LogP contribution >= 0.6 is 0 Å². The summed E-state index contributed by atoms with van der Waals surface area (Å²) in [6.45, 7) is 0.939. The topological polar surface area (TPSA) is 90.0 Å². The van der Waals surface area contributed by atoms with E-state index >= 15 is 0 Å². The summed E-state index contributed by atoms with van der Waals surface area (Å²) < 4.78 is 0. The number of aromatic hydroxyl groups is 1. The molecule has 1 amide bonds. The van der Waals surface area contributed by atoms with Gasteiger partial charge in [0.05, 0.1) is 11.0 Å². The van der Waals surface area contributed by atoms with Gasteiger partial charge >= 0.3 is 0 Å². The summed E-state index contributed by atoms with van der Waals surface area (Å²) >= 11 is 0. The Kier molecular flexibility index (Phi) is 4.77. The summed E-state index contributed by atoms with van der Waals surface area (Å²) in [5, 5.41) is 15.8. The Hall–Kier alpha value is -4.58. The van der Waals surface area contributed by atoms with E-state index in [1.54, 1.807) is 12.1 Å². The lowest BCUT2D eigenvalue weighted by molar-refractivity contribution is 0.102. The van der Waals surface area contributed by atoms with Crippen LogP contribution in [0.1, 0.15) is 15.9 Å². The molecule has 0 saturated heterocycles. The number of amides is 1. The van der Waals surface area contributed by atoms with Crippen molar-refractivity contribution in [3.63, 3.8) is 0 Å². The average molecular weight is 447 g/mol. The zero-order valence-electron chi connectivity index (χ0n) is 18.3. The van der Waals surface area contributed by atoms with E-state index in [0.29, 0.717) is 5.56 Å². The van der Waals surface area contributed by atoms with Crippen LogP contribution < -0.4 is 10.6 Å². The van der Waals surface area contributed by atoms with E-state index in [1.165, 1.54) is 5.56 Å². The summed E-state index contributed by atoms with van der Waals surface area (Å²) in [7, 11) is 0. The van der Waals surface area contributed by atoms with Crippen LogP contribution in [-0.4, -0.2) is 27.5 Å². The van der Waals surface area contributed by atoms with Gasteiger partial charge in [-0.25, -0.2) is 4.98 Å². The van der Waals surface area contributed by atoms with Gasteiger partial charge in [-0.15, -0.1) is 0 Å². The zero-order valence-corrected chi connectivity index (χ0v) is 18.3. The van der Waals surface area contributed by atoms with Crippen molar-refractivity contribution in [2.75, 3.05) is 17.2 Å². The maximum Gasteiger partial charge on any atom is 0.255 e. The molecule has 34 heavy (non-hydrogen) atoms. The van der Waals surface area contributed by atoms with Gasteiger partial charge in [-0.05, 0) is 71.6 Å². The lowest BCUT2D eigenvalue weighted by Gasteiger charge is -2.08. The smallest absolute Gasteiger partial charge is 0.255 e. The van der Waals surface area contributed by atoms with E-state index in [4.69, 9.17) is 4.98 Å². The minimum atomic E-state index is -0.146. The van der Waals surface area contributed by atoms with Crippen LogP contribution in [0.2, 0.25) is 0 Å². The number of anilines is 2. The van der Waals surface area contributed by atoms with Gasteiger partial charge in [-0.3, -0.25) is 4.79 Å². The molecule has 1 aliphatic heterocycles. The van der Waals surface area contributed by atoms with Crippen LogP contribution in [0.4, 0.5) is 11.4 Å². The van der Waals surface area contributed by atoms with Crippen molar-refractivity contribution in [1.82, 2.24) is 9.97 Å². The highest BCUT2D eigenvalue weighted by molar-refractivity contribution is 6.04. The van der Waals surface area contributed by atoms with Crippen molar-refractivity contribution < 1.29 is 9.90 Å². The number of fused-ring (bicyclic) bond motifs is 2. The molecule has 6 heteroatoms. The summed E-state index contributed by atoms with van der Waals surface area (Å²) in [6.07, 6.45) is 1.02. The predicted molar refractivity (Wildman–Crippen MR) is 135 cm³/mol. The third-order valence-corrected chi connectivity index (χ3v) is 6.18. The normalized spacial score (nSPS) is 12.4. The molecule has 166 valence electrons. The fourth-order valence-electron chi connectivity index (χ4n) is 4.33. The molecule has 0 spiro atoms. The average Bonchev–Trinajstić information content (AvgIpc) is 3.51. The summed E-state index contributed by atoms with van der Waals surface area (Å²) in [4.78, 5) is 20.8. The molecule has 4 aromatic carbocycles. The van der Waals surface area contributed by atoms with Crippen LogP contribution in [0.15, 0.2) is 84.9 Å². The van der Waals surface area contributed by atoms with Crippen LogP contribution in [0.3, 0.4) is 0 Å². The van der Waals surface area contributed by atoms with Gasteiger partial charge in [0, 0.05) is 29.0 Å². The van der Waals surface area contributed by atoms with Crippen molar-refractivity contribution in [1.29, 1.82) is 0 Å². The molecule has 6 rings (SSSR count). The SMILES string of the molecule is O=C(Nc1ccc2c(c1)NCC2)c1ccc(-c2nc3ccc(-c4ccc(O)cc4)cc3[nH]2)cc1. The van der Waals surface area contributed by atoms with Crippen LogP contribution in [0, 0.1) is 0 Å². The lowest BCUT2D eigenvalue weighted by Crippen LogP contribution is -2.11. The number of hydrogen-bond acceptors (Lipinski definition) is 4. The first kappa shape index (κ1) is 20.1. The number of aromatic amines is 1. The Labute approximate surface area is 196 Å². The number of nitrogens with zero attached hydrogens (tertiary/aromatic N) is 1. The van der Waals surface area contributed by atoms with E-state index in [1.807, 2.05) is 66.7 Å². The summed E-state index contributed by atoms with van der Waals surface area (Å²) in [5.41, 5.74) is 8.49. The fraction of sp³-hybridized carbons (Fsp3) is 0.0714. The molecule has 1 aliphatic rings. The molecule has 0 fully saturated rings. The van der Waals surface area contributed by atoms with Crippen LogP contribution in [-0.2, 0) is 6.42 Å². The summed E-state index contributed by atoms with van der Waals surface area (Å²) in [6, 6.07) is 26.6. The molecule has 0 aliphatic carbocycles. The monoisotopic (exact) mass is 446 g/mol. The van der Waals surface area contributed by atoms with Crippen LogP contribution in [0.5, 0.6) is 5.75 Å². The van der Waals surface area contributed by atoms with Gasteiger partial charge in [0.1, 0.15) is 11.6 Å². The van der Waals surface area contributed by atoms with Gasteiger partial charge in [0.15, 0.2) is 0 Å². The molecule has 0 saturated carbocycles. The zero-order chi connectivity index (χ0) is 23.1. The first-order chi connectivity index (χ1) is 16.6. The first-order valence-corrected chi connectivity index (χ1v) is 11.2. The minimum Gasteiger partial charge on any atom is -0.508 e. The second-order valence-corrected chi connectivity index (χ2v) is 8.44. The maximum atomic E-state index is 12.7. The van der Waals surface area contributed by atoms with E-state index < -0.39 is 0 Å². The minimum absolute atomic E-state index is 0.146. The summed E-state index contributed by atoms with van der Waals surface area (Å²) in [5.74, 6) is 0.845. The molecule has 1 aromatic heterocycles. The van der Waals surface area contributed by atoms with Gasteiger partial charge in [-0.1, -0.05) is 36.4 Å². The Morgan fingerprint density at radius 1 is 0.853 bits per heavy atom. The number of aromatic nitrogens is 2. The van der Waals surface area contributed by atoms with Crippen molar-refractivity contribution in [3.05, 3.63) is 96.1 Å². The molecule has 0 radical (unpaired) electrons. The number of hydrogen-bond donors (Lipinski definition) is 4. The molecule has 5 aromatic rings. The van der Waals surface area contributed by atoms with Gasteiger partial charge in [0.2, 0.25) is 0 Å². The van der Waals surface area contributed by atoms with Gasteiger partial charge in [-0.2, -0.15) is 0 Å². The van der Waals surface area contributed by atoms with E-state index in [2.05, 4.69) is 21.7 Å². The number of carbonyl (C=O) groups is 1. The van der Waals surface area contributed by atoms with Crippen molar-refractivity contribution >= 4 is 28.3 Å². The maximum absolute atomic E-state index is 12.7. The highest BCUT2D eigenvalue weighted by Crippen LogP contribution is 2.28. The van der Waals surface area contributed by atoms with Crippen LogP contribution in [0.25, 0.3) is 33.5 Å². The number of phenols is 1. The van der Waals surface area contributed by atoms with E-state index in [0.717, 1.165) is 57.9 Å². The Bertz CT molecular complexity index is 1520. The van der Waals surface area contributed by atoms with Crippen molar-refractivity contribution in [3.8, 4) is 28.3 Å². The second kappa shape index (κ2) is 8.08. The van der Waals surface area contributed by atoms with Gasteiger partial charge < -0.3 is 20.7 Å². The highest BCUT2D eigenvalue weighted by atomic mass is 16.3.